The van der Waals surface area contributed by atoms with E-state index >= 15 is 0 Å². The zero-order valence-corrected chi connectivity index (χ0v) is 11.1. The van der Waals surface area contributed by atoms with Crippen LogP contribution in [0.1, 0.15) is 47.2 Å². The smallest absolute Gasteiger partial charge is 0.251 e. The third-order valence-electron chi connectivity index (χ3n) is 4.98. The van der Waals surface area contributed by atoms with E-state index in [1.54, 1.807) is 0 Å². The molecule has 3 heteroatoms. The average molecular weight is 256 g/mol. The molecule has 2 bridgehead atoms. The Hall–Kier alpha value is -1.35. The maximum Gasteiger partial charge on any atom is 0.251 e. The van der Waals surface area contributed by atoms with Gasteiger partial charge in [0.05, 0.1) is 0 Å². The first-order valence-corrected chi connectivity index (χ1v) is 7.48. The van der Waals surface area contributed by atoms with Gasteiger partial charge < -0.3 is 10.6 Å². The summed E-state index contributed by atoms with van der Waals surface area (Å²) in [7, 11) is 0. The third-order valence-corrected chi connectivity index (χ3v) is 4.98. The Morgan fingerprint density at radius 3 is 2.89 bits per heavy atom. The van der Waals surface area contributed by atoms with Crippen LogP contribution < -0.4 is 10.6 Å². The third kappa shape index (κ3) is 1.96. The lowest BCUT2D eigenvalue weighted by Crippen LogP contribution is -2.42. The van der Waals surface area contributed by atoms with E-state index in [0.717, 1.165) is 18.4 Å². The van der Waals surface area contributed by atoms with Crippen LogP contribution in [0.5, 0.6) is 0 Å². The molecule has 2 aliphatic heterocycles. The van der Waals surface area contributed by atoms with Gasteiger partial charge in [-0.3, -0.25) is 4.79 Å². The van der Waals surface area contributed by atoms with Gasteiger partial charge in [0.15, 0.2) is 0 Å². The Morgan fingerprint density at radius 1 is 1.21 bits per heavy atom. The topological polar surface area (TPSA) is 41.1 Å². The summed E-state index contributed by atoms with van der Waals surface area (Å²) >= 11 is 0. The number of hydrogen-bond acceptors (Lipinski definition) is 2. The molecule has 100 valence electrons. The Kier molecular flexibility index (Phi) is 2.62. The monoisotopic (exact) mass is 256 g/mol. The van der Waals surface area contributed by atoms with Crippen molar-refractivity contribution >= 4 is 5.91 Å². The molecule has 0 radical (unpaired) electrons. The Morgan fingerprint density at radius 2 is 2.11 bits per heavy atom. The minimum Gasteiger partial charge on any atom is -0.348 e. The summed E-state index contributed by atoms with van der Waals surface area (Å²) in [5, 5.41) is 6.78. The predicted octanol–water partition coefficient (Wildman–Crippen LogP) is 1.80. The molecule has 4 rings (SSSR count). The van der Waals surface area contributed by atoms with Crippen molar-refractivity contribution in [3.8, 4) is 0 Å². The zero-order valence-electron chi connectivity index (χ0n) is 11.1. The van der Waals surface area contributed by atoms with Gasteiger partial charge in [0, 0.05) is 23.7 Å². The summed E-state index contributed by atoms with van der Waals surface area (Å²) in [5.74, 6) is 0.106. The first kappa shape index (κ1) is 11.5. The summed E-state index contributed by atoms with van der Waals surface area (Å²) in [5.41, 5.74) is 3.64. The SMILES string of the molecule is O=C(N[C@@H]1C[C@H]2CC[C@@H]1N2)c1ccc2c(c1)CCC2. The number of carbonyl (C=O) groups is 1. The molecule has 3 aliphatic rings. The van der Waals surface area contributed by atoms with E-state index in [1.807, 2.05) is 6.07 Å². The van der Waals surface area contributed by atoms with Gasteiger partial charge in [-0.25, -0.2) is 0 Å². The molecule has 19 heavy (non-hydrogen) atoms. The van der Waals surface area contributed by atoms with Crippen molar-refractivity contribution in [3.05, 3.63) is 34.9 Å². The van der Waals surface area contributed by atoms with E-state index in [-0.39, 0.29) is 5.91 Å². The maximum absolute atomic E-state index is 12.3. The molecular weight excluding hydrogens is 236 g/mol. The van der Waals surface area contributed by atoms with Crippen LogP contribution >= 0.6 is 0 Å². The van der Waals surface area contributed by atoms with Crippen LogP contribution in [0, 0.1) is 0 Å². The first-order valence-electron chi connectivity index (χ1n) is 7.48. The number of aryl methyl sites for hydroxylation is 2. The summed E-state index contributed by atoms with van der Waals surface area (Å²) in [6, 6.07) is 7.69. The van der Waals surface area contributed by atoms with Gasteiger partial charge in [-0.1, -0.05) is 6.07 Å². The van der Waals surface area contributed by atoms with Crippen LogP contribution in [0.25, 0.3) is 0 Å². The highest BCUT2D eigenvalue weighted by atomic mass is 16.1. The molecule has 3 nitrogen and oxygen atoms in total. The molecule has 0 spiro atoms. The number of amides is 1. The van der Waals surface area contributed by atoms with E-state index < -0.39 is 0 Å². The van der Waals surface area contributed by atoms with E-state index in [2.05, 4.69) is 22.8 Å². The van der Waals surface area contributed by atoms with Crippen molar-refractivity contribution < 1.29 is 4.79 Å². The van der Waals surface area contributed by atoms with Crippen molar-refractivity contribution in [1.29, 1.82) is 0 Å². The Labute approximate surface area is 113 Å². The molecule has 1 aromatic carbocycles. The molecule has 1 aromatic rings. The van der Waals surface area contributed by atoms with E-state index in [0.29, 0.717) is 18.1 Å². The number of fused-ring (bicyclic) bond motifs is 3. The molecule has 0 aromatic heterocycles. The van der Waals surface area contributed by atoms with Gasteiger partial charge in [-0.05, 0) is 61.8 Å². The van der Waals surface area contributed by atoms with Crippen molar-refractivity contribution in [2.75, 3.05) is 0 Å². The van der Waals surface area contributed by atoms with Gasteiger partial charge >= 0.3 is 0 Å². The fourth-order valence-corrected chi connectivity index (χ4v) is 3.95. The predicted molar refractivity (Wildman–Crippen MR) is 74.3 cm³/mol. The Balaban J connectivity index is 1.48. The fourth-order valence-electron chi connectivity index (χ4n) is 3.95. The summed E-state index contributed by atoms with van der Waals surface area (Å²) in [6.45, 7) is 0. The second-order valence-electron chi connectivity index (χ2n) is 6.20. The first-order chi connectivity index (χ1) is 9.29. The highest BCUT2D eigenvalue weighted by Gasteiger charge is 2.39. The second-order valence-corrected chi connectivity index (χ2v) is 6.20. The zero-order chi connectivity index (χ0) is 12.8. The summed E-state index contributed by atoms with van der Waals surface area (Å²) in [6.07, 6.45) is 7.12. The van der Waals surface area contributed by atoms with Crippen LogP contribution in [0.4, 0.5) is 0 Å². The molecule has 2 heterocycles. The number of nitrogens with one attached hydrogen (secondary N) is 2. The molecule has 1 aliphatic carbocycles. The van der Waals surface area contributed by atoms with Gasteiger partial charge in [0.2, 0.25) is 0 Å². The fraction of sp³-hybridized carbons (Fsp3) is 0.562. The molecule has 2 fully saturated rings. The molecule has 0 saturated carbocycles. The largest absolute Gasteiger partial charge is 0.348 e. The number of hydrogen-bond donors (Lipinski definition) is 2. The quantitative estimate of drug-likeness (QED) is 0.847. The van der Waals surface area contributed by atoms with Crippen LogP contribution in [0.3, 0.4) is 0 Å². The number of benzene rings is 1. The number of carbonyl (C=O) groups excluding carboxylic acids is 1. The lowest BCUT2D eigenvalue weighted by molar-refractivity contribution is 0.0931. The Bertz CT molecular complexity index is 525. The molecule has 2 N–H and O–H groups in total. The highest BCUT2D eigenvalue weighted by molar-refractivity contribution is 5.94. The lowest BCUT2D eigenvalue weighted by atomic mass is 9.95. The van der Waals surface area contributed by atoms with Gasteiger partial charge in [-0.2, -0.15) is 0 Å². The van der Waals surface area contributed by atoms with Crippen molar-refractivity contribution in [2.45, 2.75) is 56.7 Å². The molecule has 0 unspecified atom stereocenters. The molecule has 2 saturated heterocycles. The minimum absolute atomic E-state index is 0.106. The normalized spacial score (nSPS) is 31.5. The summed E-state index contributed by atoms with van der Waals surface area (Å²) < 4.78 is 0. The van der Waals surface area contributed by atoms with Crippen molar-refractivity contribution in [3.63, 3.8) is 0 Å². The van der Waals surface area contributed by atoms with E-state index in [4.69, 9.17) is 0 Å². The van der Waals surface area contributed by atoms with Gasteiger partial charge in [0.1, 0.15) is 0 Å². The van der Waals surface area contributed by atoms with Gasteiger partial charge in [-0.15, -0.1) is 0 Å². The molecule has 1 amide bonds. The van der Waals surface area contributed by atoms with E-state index in [9.17, 15) is 4.79 Å². The maximum atomic E-state index is 12.3. The highest BCUT2D eigenvalue weighted by Crippen LogP contribution is 2.28. The van der Waals surface area contributed by atoms with Crippen LogP contribution in [0.15, 0.2) is 18.2 Å². The second kappa shape index (κ2) is 4.34. The average Bonchev–Trinajstić information content (AvgIpc) is 3.13. The van der Waals surface area contributed by atoms with Crippen molar-refractivity contribution in [1.82, 2.24) is 10.6 Å². The standard InChI is InChI=1S/C16H20N2O/c19-16(18-15-9-13-6-7-14(15)17-13)12-5-4-10-2-1-3-11(10)8-12/h4-5,8,13-15,17H,1-3,6-7,9H2,(H,18,19)/t13-,14+,15-/m1/s1. The minimum atomic E-state index is 0.106. The lowest BCUT2D eigenvalue weighted by Gasteiger charge is -2.21. The van der Waals surface area contributed by atoms with E-state index in [1.165, 1.54) is 36.8 Å². The van der Waals surface area contributed by atoms with Crippen molar-refractivity contribution in [2.24, 2.45) is 0 Å². The van der Waals surface area contributed by atoms with Crippen LogP contribution in [-0.2, 0) is 12.8 Å². The molecule has 3 atom stereocenters. The summed E-state index contributed by atoms with van der Waals surface area (Å²) in [4.78, 5) is 12.3. The number of rotatable bonds is 2. The van der Waals surface area contributed by atoms with Crippen LogP contribution in [-0.4, -0.2) is 24.0 Å². The van der Waals surface area contributed by atoms with Gasteiger partial charge in [0.25, 0.3) is 5.91 Å². The van der Waals surface area contributed by atoms with Crippen LogP contribution in [0.2, 0.25) is 0 Å². The molecular formula is C16H20N2O.